The molecule has 166 valence electrons. The van der Waals surface area contributed by atoms with Crippen molar-refractivity contribution in [2.24, 2.45) is 0 Å². The van der Waals surface area contributed by atoms with Gasteiger partial charge in [0, 0.05) is 19.2 Å². The summed E-state index contributed by atoms with van der Waals surface area (Å²) >= 11 is 0. The number of carbonyl (C=O) groups excluding carboxylic acids is 1. The Morgan fingerprint density at radius 1 is 1.03 bits per heavy atom. The second-order valence-electron chi connectivity index (χ2n) is 7.80. The van der Waals surface area contributed by atoms with Crippen molar-refractivity contribution < 1.29 is 19.0 Å². The number of rotatable bonds is 5. The summed E-state index contributed by atoms with van der Waals surface area (Å²) in [7, 11) is 1.54. The summed E-state index contributed by atoms with van der Waals surface area (Å²) < 4.78 is 16.5. The molecular formula is C22H29N5O4. The van der Waals surface area contributed by atoms with E-state index >= 15 is 0 Å². The van der Waals surface area contributed by atoms with Gasteiger partial charge in [0.1, 0.15) is 17.4 Å². The fraction of sp³-hybridized carbons (Fsp3) is 0.500. The van der Waals surface area contributed by atoms with Crippen molar-refractivity contribution in [1.29, 1.82) is 0 Å². The van der Waals surface area contributed by atoms with Gasteiger partial charge in [-0.05, 0) is 26.0 Å². The minimum absolute atomic E-state index is 0.177. The van der Waals surface area contributed by atoms with Crippen LogP contribution in [0, 0.1) is 0 Å². The van der Waals surface area contributed by atoms with E-state index in [9.17, 15) is 4.79 Å². The van der Waals surface area contributed by atoms with Crippen LogP contribution in [0.2, 0.25) is 0 Å². The molecule has 1 N–H and O–H groups in total. The summed E-state index contributed by atoms with van der Waals surface area (Å²) in [6.45, 7) is 8.22. The Morgan fingerprint density at radius 3 is 2.16 bits per heavy atom. The van der Waals surface area contributed by atoms with Gasteiger partial charge in [0.15, 0.2) is 0 Å². The van der Waals surface area contributed by atoms with Crippen LogP contribution >= 0.6 is 0 Å². The number of hydrogen-bond donors (Lipinski definition) is 1. The average molecular weight is 428 g/mol. The highest BCUT2D eigenvalue weighted by Gasteiger charge is 2.26. The van der Waals surface area contributed by atoms with E-state index in [-0.39, 0.29) is 23.9 Å². The van der Waals surface area contributed by atoms with Gasteiger partial charge in [0.25, 0.3) is 5.91 Å². The van der Waals surface area contributed by atoms with Gasteiger partial charge >= 0.3 is 0 Å². The normalized spacial score (nSPS) is 21.6. The summed E-state index contributed by atoms with van der Waals surface area (Å²) in [5, 5.41) is 2.86. The third kappa shape index (κ3) is 4.72. The van der Waals surface area contributed by atoms with Gasteiger partial charge in [0.05, 0.1) is 51.2 Å². The van der Waals surface area contributed by atoms with E-state index in [2.05, 4.69) is 38.9 Å². The number of methoxy groups -OCH3 is 1. The summed E-state index contributed by atoms with van der Waals surface area (Å²) in [5.74, 6) is 2.00. The van der Waals surface area contributed by atoms with Crippen molar-refractivity contribution in [3.05, 3.63) is 35.9 Å². The molecule has 1 amide bonds. The Bertz CT molecular complexity index is 884. The predicted octanol–water partition coefficient (Wildman–Crippen LogP) is 2.19. The molecule has 0 radical (unpaired) electrons. The number of para-hydroxylation sites is 1. The lowest BCUT2D eigenvalue weighted by atomic mass is 10.2. The molecule has 1 aromatic carbocycles. The van der Waals surface area contributed by atoms with Crippen LogP contribution in [0.3, 0.4) is 0 Å². The molecule has 2 aliphatic heterocycles. The van der Waals surface area contributed by atoms with Crippen LogP contribution < -0.4 is 19.9 Å². The van der Waals surface area contributed by atoms with Crippen molar-refractivity contribution in [1.82, 2.24) is 9.97 Å². The second kappa shape index (κ2) is 9.49. The Kier molecular flexibility index (Phi) is 6.53. The maximum absolute atomic E-state index is 13.0. The van der Waals surface area contributed by atoms with Crippen molar-refractivity contribution in [3.63, 3.8) is 0 Å². The van der Waals surface area contributed by atoms with Gasteiger partial charge in [-0.2, -0.15) is 9.97 Å². The lowest BCUT2D eigenvalue weighted by Gasteiger charge is -2.37. The zero-order chi connectivity index (χ0) is 21.8. The third-order valence-corrected chi connectivity index (χ3v) is 5.60. The number of morpholine rings is 2. The van der Waals surface area contributed by atoms with Gasteiger partial charge in [-0.1, -0.05) is 12.1 Å². The maximum Gasteiger partial charge on any atom is 0.261 e. The molecule has 9 nitrogen and oxygen atoms in total. The fourth-order valence-electron chi connectivity index (χ4n) is 3.91. The highest BCUT2D eigenvalue weighted by Crippen LogP contribution is 2.27. The van der Waals surface area contributed by atoms with Crippen molar-refractivity contribution in [2.45, 2.75) is 25.9 Å². The standard InChI is InChI=1S/C22H29N5O4/c1-15-13-30-10-8-26(15)19-12-20(27-9-11-31-14-16(27)2)24-22(23-19)25-21(28)17-6-4-5-7-18(17)29-3/h4-7,12,15-16H,8-11,13-14H2,1-3H3,(H,23,24,25,28)/t15-,16-/m0/s1. The number of benzene rings is 1. The van der Waals surface area contributed by atoms with Crippen LogP contribution in [-0.2, 0) is 9.47 Å². The van der Waals surface area contributed by atoms with Crippen LogP contribution in [0.5, 0.6) is 5.75 Å². The molecule has 2 fully saturated rings. The largest absolute Gasteiger partial charge is 0.496 e. The maximum atomic E-state index is 13.0. The molecule has 0 aliphatic carbocycles. The van der Waals surface area contributed by atoms with Crippen LogP contribution in [0.1, 0.15) is 24.2 Å². The molecule has 31 heavy (non-hydrogen) atoms. The number of carbonyl (C=O) groups is 1. The lowest BCUT2D eigenvalue weighted by molar-refractivity contribution is 0.0977. The minimum Gasteiger partial charge on any atom is -0.496 e. The topological polar surface area (TPSA) is 89.0 Å². The SMILES string of the molecule is COc1ccccc1C(=O)Nc1nc(N2CCOC[C@@H]2C)cc(N2CCOC[C@@H]2C)n1. The summed E-state index contributed by atoms with van der Waals surface area (Å²) in [6.07, 6.45) is 0. The quantitative estimate of drug-likeness (QED) is 0.777. The highest BCUT2D eigenvalue weighted by atomic mass is 16.5. The van der Waals surface area contributed by atoms with E-state index in [0.29, 0.717) is 37.7 Å². The Hall–Kier alpha value is -2.91. The second-order valence-corrected chi connectivity index (χ2v) is 7.80. The number of ether oxygens (including phenoxy) is 3. The molecule has 2 aliphatic rings. The van der Waals surface area contributed by atoms with Crippen molar-refractivity contribution in [2.75, 3.05) is 61.7 Å². The molecule has 9 heteroatoms. The van der Waals surface area contributed by atoms with E-state index in [4.69, 9.17) is 14.2 Å². The van der Waals surface area contributed by atoms with E-state index in [1.165, 1.54) is 0 Å². The first-order valence-corrected chi connectivity index (χ1v) is 10.6. The molecule has 0 spiro atoms. The smallest absolute Gasteiger partial charge is 0.261 e. The molecule has 0 unspecified atom stereocenters. The fourth-order valence-corrected chi connectivity index (χ4v) is 3.91. The molecule has 1 aromatic heterocycles. The summed E-state index contributed by atoms with van der Waals surface area (Å²) in [4.78, 5) is 26.7. The third-order valence-electron chi connectivity index (χ3n) is 5.60. The number of hydrogen-bond acceptors (Lipinski definition) is 8. The molecule has 2 saturated heterocycles. The van der Waals surface area contributed by atoms with Gasteiger partial charge in [-0.3, -0.25) is 10.1 Å². The Labute approximate surface area is 182 Å². The summed E-state index contributed by atoms with van der Waals surface area (Å²) in [6, 6.07) is 9.43. The first-order valence-electron chi connectivity index (χ1n) is 10.6. The lowest BCUT2D eigenvalue weighted by Crippen LogP contribution is -2.46. The first kappa shape index (κ1) is 21.3. The van der Waals surface area contributed by atoms with Crippen molar-refractivity contribution in [3.8, 4) is 5.75 Å². The van der Waals surface area contributed by atoms with E-state index in [0.717, 1.165) is 24.7 Å². The predicted molar refractivity (Wildman–Crippen MR) is 118 cm³/mol. The average Bonchev–Trinajstić information content (AvgIpc) is 2.79. The Balaban J connectivity index is 1.68. The Morgan fingerprint density at radius 2 is 1.61 bits per heavy atom. The minimum atomic E-state index is -0.314. The number of amides is 1. The van der Waals surface area contributed by atoms with Crippen molar-refractivity contribution >= 4 is 23.5 Å². The van der Waals surface area contributed by atoms with Gasteiger partial charge in [-0.15, -0.1) is 0 Å². The molecule has 3 heterocycles. The monoisotopic (exact) mass is 427 g/mol. The first-order chi connectivity index (χ1) is 15.1. The van der Waals surface area contributed by atoms with Crippen LogP contribution in [0.25, 0.3) is 0 Å². The van der Waals surface area contributed by atoms with E-state index < -0.39 is 0 Å². The molecule has 2 aromatic rings. The molecular weight excluding hydrogens is 398 g/mol. The van der Waals surface area contributed by atoms with Crippen LogP contribution in [-0.4, -0.2) is 74.6 Å². The number of aromatic nitrogens is 2. The number of anilines is 3. The number of nitrogens with zero attached hydrogens (tertiary/aromatic N) is 4. The highest BCUT2D eigenvalue weighted by molar-refractivity contribution is 6.05. The number of nitrogens with one attached hydrogen (secondary N) is 1. The van der Waals surface area contributed by atoms with Gasteiger partial charge < -0.3 is 24.0 Å². The van der Waals surface area contributed by atoms with Gasteiger partial charge in [-0.25, -0.2) is 0 Å². The molecule has 2 atom stereocenters. The van der Waals surface area contributed by atoms with Crippen LogP contribution in [0.15, 0.2) is 30.3 Å². The summed E-state index contributed by atoms with van der Waals surface area (Å²) in [5.41, 5.74) is 0.431. The molecule has 4 rings (SSSR count). The van der Waals surface area contributed by atoms with E-state index in [1.807, 2.05) is 12.1 Å². The zero-order valence-electron chi connectivity index (χ0n) is 18.2. The van der Waals surface area contributed by atoms with Crippen LogP contribution in [0.4, 0.5) is 17.6 Å². The zero-order valence-corrected chi connectivity index (χ0v) is 18.2. The van der Waals surface area contributed by atoms with Gasteiger partial charge in [0.2, 0.25) is 5.95 Å². The molecule has 0 bridgehead atoms. The van der Waals surface area contributed by atoms with E-state index in [1.54, 1.807) is 25.3 Å². The molecule has 0 saturated carbocycles.